The van der Waals surface area contributed by atoms with E-state index in [1.807, 2.05) is 0 Å². The summed E-state index contributed by atoms with van der Waals surface area (Å²) in [5, 5.41) is 4.66. The van der Waals surface area contributed by atoms with E-state index < -0.39 is 0 Å². The summed E-state index contributed by atoms with van der Waals surface area (Å²) >= 11 is 0. The molecule has 1 heterocycles. The fourth-order valence-electron chi connectivity index (χ4n) is 6.78. The van der Waals surface area contributed by atoms with E-state index in [9.17, 15) is 0 Å². The Morgan fingerprint density at radius 3 is 1.24 bits per heavy atom. The third-order valence-corrected chi connectivity index (χ3v) is 9.54. The molecule has 246 valence electrons. The number of aromatic nitrogens is 2. The largest absolute Gasteiger partial charge is 0.490 e. The van der Waals surface area contributed by atoms with Gasteiger partial charge in [0.05, 0.1) is 35.3 Å². The zero-order valence-electron chi connectivity index (χ0n) is 29.3. The molecule has 2 unspecified atom stereocenters. The smallest absolute Gasteiger partial charge is 0.163 e. The van der Waals surface area contributed by atoms with Crippen molar-refractivity contribution < 1.29 is 9.47 Å². The Kier molecular flexibility index (Phi) is 12.1. The predicted octanol–water partition coefficient (Wildman–Crippen LogP) is 12.3. The Morgan fingerprint density at radius 2 is 0.848 bits per heavy atom. The highest BCUT2D eigenvalue weighted by atomic mass is 16.5. The van der Waals surface area contributed by atoms with Gasteiger partial charge in [0.2, 0.25) is 0 Å². The van der Waals surface area contributed by atoms with Crippen molar-refractivity contribution in [1.29, 1.82) is 0 Å². The van der Waals surface area contributed by atoms with Crippen molar-refractivity contribution >= 4 is 43.6 Å². The van der Waals surface area contributed by atoms with Crippen LogP contribution in [0.25, 0.3) is 43.6 Å². The van der Waals surface area contributed by atoms with E-state index in [2.05, 4.69) is 102 Å². The van der Waals surface area contributed by atoms with Crippen molar-refractivity contribution in [3.63, 3.8) is 0 Å². The van der Waals surface area contributed by atoms with Gasteiger partial charge in [-0.05, 0) is 60.1 Å². The maximum absolute atomic E-state index is 6.47. The Morgan fingerprint density at radius 1 is 0.478 bits per heavy atom. The van der Waals surface area contributed by atoms with Crippen molar-refractivity contribution in [3.8, 4) is 11.5 Å². The van der Waals surface area contributed by atoms with Crippen LogP contribution in [0.2, 0.25) is 0 Å². The average Bonchev–Trinajstić information content (AvgIpc) is 3.04. The van der Waals surface area contributed by atoms with Gasteiger partial charge in [0.25, 0.3) is 0 Å². The summed E-state index contributed by atoms with van der Waals surface area (Å²) in [7, 11) is 0. The van der Waals surface area contributed by atoms with Crippen LogP contribution >= 0.6 is 0 Å². The van der Waals surface area contributed by atoms with E-state index in [1.54, 1.807) is 0 Å². The summed E-state index contributed by atoms with van der Waals surface area (Å²) in [4.78, 5) is 10.4. The molecule has 0 fully saturated rings. The van der Waals surface area contributed by atoms with Crippen LogP contribution in [0.4, 0.5) is 0 Å². The lowest BCUT2D eigenvalue weighted by Gasteiger charge is -2.17. The van der Waals surface area contributed by atoms with Gasteiger partial charge in [0.15, 0.2) is 11.5 Å². The molecule has 4 aromatic carbocycles. The van der Waals surface area contributed by atoms with Crippen LogP contribution in [0.3, 0.4) is 0 Å². The van der Waals surface area contributed by atoms with Crippen LogP contribution in [-0.2, 0) is 0 Å². The predicted molar refractivity (Wildman–Crippen MR) is 197 cm³/mol. The molecule has 1 aromatic heterocycles. The Hall–Kier alpha value is -3.40. The molecule has 2 atom stereocenters. The van der Waals surface area contributed by atoms with Crippen LogP contribution in [0.5, 0.6) is 11.5 Å². The van der Waals surface area contributed by atoms with Crippen molar-refractivity contribution in [1.82, 2.24) is 9.97 Å². The number of fused-ring (bicyclic) bond motifs is 7. The van der Waals surface area contributed by atoms with E-state index in [0.29, 0.717) is 13.2 Å². The first-order valence-corrected chi connectivity index (χ1v) is 18.1. The molecular formula is C42H56N2O2. The first-order chi connectivity index (χ1) is 22.3. The molecule has 5 aromatic rings. The zero-order valence-corrected chi connectivity index (χ0v) is 29.3. The average molecular weight is 621 g/mol. The first-order valence-electron chi connectivity index (χ1n) is 18.1. The SMILES string of the molecule is CC(C)CCCC(C)CCCOc1cc2nc3c4ccccc4c4ccccc4c3nc2cc1OCCCC(C)CCCC(C)C. The van der Waals surface area contributed by atoms with Gasteiger partial charge in [0.1, 0.15) is 0 Å². The molecule has 0 saturated heterocycles. The van der Waals surface area contributed by atoms with Crippen LogP contribution < -0.4 is 9.47 Å². The standard InChI is InChI=1S/C42H56N2O2/c1-29(2)15-11-17-31(5)19-13-25-45-39-27-37-38(28-40(39)46-26-14-20-32(6)18-12-16-30(3)4)44-42-36-24-10-8-22-34(36)33-21-7-9-23-35(33)41(42)43-37/h7-10,21-24,27-32H,11-20,25-26H2,1-6H3. The summed E-state index contributed by atoms with van der Waals surface area (Å²) in [5.74, 6) is 4.57. The Balaban J connectivity index is 1.37. The number of nitrogens with zero attached hydrogens (tertiary/aromatic N) is 2. The summed E-state index contributed by atoms with van der Waals surface area (Å²) in [6, 6.07) is 21.2. The lowest BCUT2D eigenvalue weighted by atomic mass is 9.96. The van der Waals surface area contributed by atoms with Crippen LogP contribution in [0.15, 0.2) is 60.7 Å². The fourth-order valence-corrected chi connectivity index (χ4v) is 6.78. The molecule has 4 heteroatoms. The lowest BCUT2D eigenvalue weighted by molar-refractivity contribution is 0.250. The Labute approximate surface area is 277 Å². The molecule has 4 nitrogen and oxygen atoms in total. The van der Waals surface area contributed by atoms with Crippen molar-refractivity contribution in [2.24, 2.45) is 23.7 Å². The van der Waals surface area contributed by atoms with E-state index in [1.165, 1.54) is 62.1 Å². The van der Waals surface area contributed by atoms with Gasteiger partial charge in [-0.3, -0.25) is 0 Å². The molecular weight excluding hydrogens is 564 g/mol. The van der Waals surface area contributed by atoms with Gasteiger partial charge in [-0.1, -0.05) is 129 Å². The molecule has 46 heavy (non-hydrogen) atoms. The minimum Gasteiger partial charge on any atom is -0.490 e. The van der Waals surface area contributed by atoms with Crippen molar-refractivity contribution in [2.45, 2.75) is 106 Å². The van der Waals surface area contributed by atoms with E-state index in [4.69, 9.17) is 19.4 Å². The summed E-state index contributed by atoms with van der Waals surface area (Å²) in [5.41, 5.74) is 3.55. The van der Waals surface area contributed by atoms with Gasteiger partial charge >= 0.3 is 0 Å². The highest BCUT2D eigenvalue weighted by Gasteiger charge is 2.16. The zero-order chi connectivity index (χ0) is 32.5. The number of ether oxygens (including phenoxy) is 2. The van der Waals surface area contributed by atoms with Gasteiger partial charge < -0.3 is 9.47 Å². The van der Waals surface area contributed by atoms with Crippen molar-refractivity contribution in [2.75, 3.05) is 13.2 Å². The topological polar surface area (TPSA) is 44.2 Å². The summed E-state index contributed by atoms with van der Waals surface area (Å²) in [6.45, 7) is 15.4. The quantitative estimate of drug-likeness (QED) is 0.0555. The number of hydrogen-bond donors (Lipinski definition) is 0. The molecule has 0 spiro atoms. The van der Waals surface area contributed by atoms with E-state index >= 15 is 0 Å². The van der Waals surface area contributed by atoms with Crippen LogP contribution in [-0.4, -0.2) is 23.2 Å². The molecule has 5 rings (SSSR count). The number of benzene rings is 4. The van der Waals surface area contributed by atoms with Gasteiger partial charge in [0, 0.05) is 22.9 Å². The molecule has 0 N–H and O–H groups in total. The van der Waals surface area contributed by atoms with Gasteiger partial charge in [-0.25, -0.2) is 9.97 Å². The second kappa shape index (κ2) is 16.4. The highest BCUT2D eigenvalue weighted by Crippen LogP contribution is 2.37. The minimum absolute atomic E-state index is 0.678. The van der Waals surface area contributed by atoms with Gasteiger partial charge in [-0.2, -0.15) is 0 Å². The maximum Gasteiger partial charge on any atom is 0.163 e. The molecule has 0 bridgehead atoms. The Bertz CT molecular complexity index is 1580. The van der Waals surface area contributed by atoms with E-state index in [0.717, 1.165) is 80.9 Å². The molecule has 0 radical (unpaired) electrons. The molecule has 0 aliphatic carbocycles. The van der Waals surface area contributed by atoms with Crippen LogP contribution in [0, 0.1) is 23.7 Å². The molecule has 0 aliphatic rings. The van der Waals surface area contributed by atoms with Crippen molar-refractivity contribution in [3.05, 3.63) is 60.7 Å². The highest BCUT2D eigenvalue weighted by molar-refractivity contribution is 6.23. The lowest BCUT2D eigenvalue weighted by Crippen LogP contribution is -2.06. The van der Waals surface area contributed by atoms with E-state index in [-0.39, 0.29) is 0 Å². The molecule has 0 aliphatic heterocycles. The monoisotopic (exact) mass is 620 g/mol. The van der Waals surface area contributed by atoms with Gasteiger partial charge in [-0.15, -0.1) is 0 Å². The second-order valence-electron chi connectivity index (χ2n) is 14.6. The fraction of sp³-hybridized carbons (Fsp3) is 0.524. The summed E-state index contributed by atoms with van der Waals surface area (Å²) < 4.78 is 12.9. The second-order valence-corrected chi connectivity index (χ2v) is 14.6. The summed E-state index contributed by atoms with van der Waals surface area (Å²) in [6.07, 6.45) is 12.3. The molecule has 0 amide bonds. The normalized spacial score (nSPS) is 13.4. The molecule has 0 saturated carbocycles. The third kappa shape index (κ3) is 8.90. The number of rotatable bonds is 18. The van der Waals surface area contributed by atoms with Crippen LogP contribution in [0.1, 0.15) is 106 Å². The number of hydrogen-bond acceptors (Lipinski definition) is 4. The maximum atomic E-state index is 6.47. The first kappa shape index (κ1) is 33.9. The minimum atomic E-state index is 0.678. The third-order valence-electron chi connectivity index (χ3n) is 9.54.